The highest BCUT2D eigenvalue weighted by atomic mass is 19.4. The molecule has 1 aromatic heterocycles. The lowest BCUT2D eigenvalue weighted by Gasteiger charge is -2.07. The summed E-state index contributed by atoms with van der Waals surface area (Å²) in [6.07, 6.45) is -4.43. The van der Waals surface area contributed by atoms with Gasteiger partial charge < -0.3 is 5.73 Å². The van der Waals surface area contributed by atoms with E-state index in [1.807, 2.05) is 0 Å². The van der Waals surface area contributed by atoms with Crippen LogP contribution in [-0.4, -0.2) is 15.0 Å². The van der Waals surface area contributed by atoms with Gasteiger partial charge in [-0.2, -0.15) is 18.3 Å². The highest BCUT2D eigenvalue weighted by Crippen LogP contribution is 2.29. The normalized spacial score (nSPS) is 11.7. The van der Waals surface area contributed by atoms with E-state index in [9.17, 15) is 18.0 Å². The van der Waals surface area contributed by atoms with E-state index in [4.69, 9.17) is 5.73 Å². The Morgan fingerprint density at radius 1 is 1.12 bits per heavy atom. The fraction of sp³-hybridized carbons (Fsp3) is 0.125. The molecule has 0 saturated heterocycles. The molecule has 0 atom stereocenters. The number of aromatic nitrogens is 3. The maximum absolute atomic E-state index is 12.6. The van der Waals surface area contributed by atoms with Crippen molar-refractivity contribution in [3.05, 3.63) is 63.9 Å². The summed E-state index contributed by atoms with van der Waals surface area (Å²) in [4.78, 5) is 12.5. The van der Waals surface area contributed by atoms with Crippen LogP contribution in [0.2, 0.25) is 0 Å². The Hall–Kier alpha value is -3.03. The van der Waals surface area contributed by atoms with Gasteiger partial charge in [-0.15, -0.1) is 0 Å². The molecule has 0 spiro atoms. The molecule has 3 rings (SSSR count). The van der Waals surface area contributed by atoms with Crippen LogP contribution in [0.4, 0.5) is 18.9 Å². The Kier molecular flexibility index (Phi) is 3.67. The SMILES string of the molecule is Cc1cc(-c2n[nH]n(-c3ccc(C(F)(F)F)cc3)c2=O)ccc1N. The summed E-state index contributed by atoms with van der Waals surface area (Å²) >= 11 is 0. The third kappa shape index (κ3) is 2.78. The van der Waals surface area contributed by atoms with E-state index in [1.54, 1.807) is 25.1 Å². The molecule has 3 aromatic rings. The van der Waals surface area contributed by atoms with Gasteiger partial charge in [0.2, 0.25) is 0 Å². The summed E-state index contributed by atoms with van der Waals surface area (Å²) in [5.74, 6) is 0. The first-order valence-corrected chi connectivity index (χ1v) is 6.99. The molecular weight excluding hydrogens is 321 g/mol. The molecule has 0 fully saturated rings. The first kappa shape index (κ1) is 15.9. The highest BCUT2D eigenvalue weighted by molar-refractivity contribution is 5.64. The fourth-order valence-corrected chi connectivity index (χ4v) is 2.28. The summed E-state index contributed by atoms with van der Waals surface area (Å²) in [6, 6.07) is 9.30. The second-order valence-electron chi connectivity index (χ2n) is 5.32. The molecule has 0 aliphatic heterocycles. The lowest BCUT2D eigenvalue weighted by atomic mass is 10.1. The number of aryl methyl sites for hydroxylation is 1. The number of nitrogens with two attached hydrogens (primary N) is 1. The van der Waals surface area contributed by atoms with Crippen LogP contribution in [0, 0.1) is 6.92 Å². The Balaban J connectivity index is 2.01. The van der Waals surface area contributed by atoms with Gasteiger partial charge in [0.1, 0.15) is 0 Å². The van der Waals surface area contributed by atoms with E-state index in [-0.39, 0.29) is 11.4 Å². The Bertz CT molecular complexity index is 939. The Morgan fingerprint density at radius 3 is 2.38 bits per heavy atom. The van der Waals surface area contributed by atoms with Gasteiger partial charge in [-0.1, -0.05) is 6.07 Å². The van der Waals surface area contributed by atoms with Gasteiger partial charge in [-0.25, -0.2) is 9.90 Å². The van der Waals surface area contributed by atoms with Crippen molar-refractivity contribution < 1.29 is 13.2 Å². The van der Waals surface area contributed by atoms with E-state index < -0.39 is 17.3 Å². The van der Waals surface area contributed by atoms with Crippen molar-refractivity contribution in [3.63, 3.8) is 0 Å². The van der Waals surface area contributed by atoms with Gasteiger partial charge in [0.15, 0.2) is 5.69 Å². The summed E-state index contributed by atoms with van der Waals surface area (Å²) < 4.78 is 38.9. The van der Waals surface area contributed by atoms with Gasteiger partial charge in [-0.05, 0) is 48.9 Å². The molecule has 2 aromatic carbocycles. The van der Waals surface area contributed by atoms with Gasteiger partial charge in [0.05, 0.1) is 11.3 Å². The average molecular weight is 334 g/mol. The molecule has 3 N–H and O–H groups in total. The number of alkyl halides is 3. The van der Waals surface area contributed by atoms with Crippen molar-refractivity contribution in [2.75, 3.05) is 5.73 Å². The minimum Gasteiger partial charge on any atom is -0.399 e. The number of hydrogen-bond donors (Lipinski definition) is 2. The van der Waals surface area contributed by atoms with Crippen LogP contribution in [0.5, 0.6) is 0 Å². The minimum atomic E-state index is -4.43. The molecular formula is C16H13F3N4O. The minimum absolute atomic E-state index is 0.165. The molecule has 0 radical (unpaired) electrons. The van der Waals surface area contributed by atoms with E-state index in [2.05, 4.69) is 10.3 Å². The first-order valence-electron chi connectivity index (χ1n) is 6.99. The lowest BCUT2D eigenvalue weighted by molar-refractivity contribution is -0.137. The van der Waals surface area contributed by atoms with E-state index in [0.29, 0.717) is 11.3 Å². The van der Waals surface area contributed by atoms with Crippen LogP contribution in [0.25, 0.3) is 16.9 Å². The number of H-pyrrole nitrogens is 1. The van der Waals surface area contributed by atoms with Crippen LogP contribution in [0.3, 0.4) is 0 Å². The number of hydrogen-bond acceptors (Lipinski definition) is 3. The number of anilines is 1. The van der Waals surface area contributed by atoms with Crippen molar-refractivity contribution in [2.45, 2.75) is 13.1 Å². The zero-order valence-electron chi connectivity index (χ0n) is 12.6. The number of nitrogen functional groups attached to an aromatic ring is 1. The fourth-order valence-electron chi connectivity index (χ4n) is 2.28. The van der Waals surface area contributed by atoms with Gasteiger partial charge in [0, 0.05) is 11.3 Å². The van der Waals surface area contributed by atoms with Crippen LogP contribution in [-0.2, 0) is 6.18 Å². The number of nitrogens with zero attached hydrogens (tertiary/aromatic N) is 2. The molecule has 0 amide bonds. The van der Waals surface area contributed by atoms with Crippen LogP contribution in [0.1, 0.15) is 11.1 Å². The lowest BCUT2D eigenvalue weighted by Crippen LogP contribution is -2.16. The Morgan fingerprint density at radius 2 is 1.79 bits per heavy atom. The molecule has 0 aliphatic carbocycles. The van der Waals surface area contributed by atoms with Crippen molar-refractivity contribution in [2.24, 2.45) is 0 Å². The van der Waals surface area contributed by atoms with Crippen LogP contribution < -0.4 is 11.3 Å². The highest BCUT2D eigenvalue weighted by Gasteiger charge is 2.30. The van der Waals surface area contributed by atoms with Crippen molar-refractivity contribution in [1.29, 1.82) is 0 Å². The number of rotatable bonds is 2. The monoisotopic (exact) mass is 334 g/mol. The first-order chi connectivity index (χ1) is 11.3. The van der Waals surface area contributed by atoms with E-state index in [1.165, 1.54) is 12.1 Å². The summed E-state index contributed by atoms with van der Waals surface area (Å²) in [5.41, 5.74) is 6.91. The summed E-state index contributed by atoms with van der Waals surface area (Å²) in [7, 11) is 0. The molecule has 1 heterocycles. The van der Waals surface area contributed by atoms with E-state index >= 15 is 0 Å². The zero-order valence-corrected chi connectivity index (χ0v) is 12.6. The van der Waals surface area contributed by atoms with Crippen LogP contribution in [0.15, 0.2) is 47.3 Å². The quantitative estimate of drug-likeness (QED) is 0.707. The summed E-state index contributed by atoms with van der Waals surface area (Å²) in [6.45, 7) is 1.81. The molecule has 24 heavy (non-hydrogen) atoms. The second-order valence-corrected chi connectivity index (χ2v) is 5.32. The molecule has 8 heteroatoms. The maximum atomic E-state index is 12.6. The van der Waals surface area contributed by atoms with Crippen LogP contribution >= 0.6 is 0 Å². The second kappa shape index (κ2) is 5.55. The van der Waals surface area contributed by atoms with Gasteiger partial charge in [-0.3, -0.25) is 4.79 Å². The zero-order chi connectivity index (χ0) is 17.5. The molecule has 5 nitrogen and oxygen atoms in total. The number of halogens is 3. The van der Waals surface area contributed by atoms with Gasteiger partial charge in [0.25, 0.3) is 5.56 Å². The molecule has 124 valence electrons. The van der Waals surface area contributed by atoms with Crippen molar-refractivity contribution in [3.8, 4) is 16.9 Å². The van der Waals surface area contributed by atoms with Crippen molar-refractivity contribution >= 4 is 5.69 Å². The Labute approximate surface area is 134 Å². The molecule has 0 unspecified atom stereocenters. The smallest absolute Gasteiger partial charge is 0.399 e. The number of benzene rings is 2. The standard InChI is InChI=1S/C16H13F3N4O/c1-9-8-10(2-7-13(9)20)14-15(24)23(22-21-14)12-5-3-11(4-6-12)16(17,18)19/h2-8,22H,20H2,1H3. The molecule has 0 aliphatic rings. The van der Waals surface area contributed by atoms with E-state index in [0.717, 1.165) is 22.4 Å². The third-order valence-corrected chi connectivity index (χ3v) is 3.66. The maximum Gasteiger partial charge on any atom is 0.416 e. The van der Waals surface area contributed by atoms with Crippen molar-refractivity contribution in [1.82, 2.24) is 15.0 Å². The third-order valence-electron chi connectivity index (χ3n) is 3.66. The number of nitrogens with one attached hydrogen (secondary N) is 1. The predicted molar refractivity (Wildman–Crippen MR) is 83.8 cm³/mol. The van der Waals surface area contributed by atoms with Gasteiger partial charge >= 0.3 is 6.18 Å². The number of aromatic amines is 1. The summed E-state index contributed by atoms with van der Waals surface area (Å²) in [5, 5.41) is 6.49. The molecule has 0 bridgehead atoms. The topological polar surface area (TPSA) is 76.7 Å². The predicted octanol–water partition coefficient (Wildman–Crippen LogP) is 3.14. The largest absolute Gasteiger partial charge is 0.416 e. The average Bonchev–Trinajstić information content (AvgIpc) is 2.91. The molecule has 0 saturated carbocycles.